The number of benzene rings is 1. The summed E-state index contributed by atoms with van der Waals surface area (Å²) in [5.41, 5.74) is 1.33. The number of rotatable bonds is 7. The second-order valence-electron chi connectivity index (χ2n) is 7.00. The molecule has 0 aromatic heterocycles. The van der Waals surface area contributed by atoms with Crippen molar-refractivity contribution in [3.05, 3.63) is 29.8 Å². The molecule has 2 fully saturated rings. The van der Waals surface area contributed by atoms with E-state index in [1.807, 2.05) is 0 Å². The zero-order valence-corrected chi connectivity index (χ0v) is 13.5. The van der Waals surface area contributed by atoms with Crippen LogP contribution >= 0.6 is 0 Å². The molecular formula is C19H29NO. The molecule has 0 radical (unpaired) electrons. The Morgan fingerprint density at radius 1 is 1.29 bits per heavy atom. The first-order valence-electron chi connectivity index (χ1n) is 8.71. The Bertz CT molecular complexity index is 459. The molecule has 1 aromatic carbocycles. The van der Waals surface area contributed by atoms with Gasteiger partial charge in [0, 0.05) is 12.6 Å². The number of ether oxygens (including phenoxy) is 1. The van der Waals surface area contributed by atoms with E-state index in [0.29, 0.717) is 6.04 Å². The van der Waals surface area contributed by atoms with Crippen molar-refractivity contribution in [3.8, 4) is 5.75 Å². The van der Waals surface area contributed by atoms with E-state index < -0.39 is 0 Å². The number of hydrogen-bond acceptors (Lipinski definition) is 2. The third kappa shape index (κ3) is 3.60. The van der Waals surface area contributed by atoms with Crippen LogP contribution in [0.4, 0.5) is 0 Å². The second-order valence-corrected chi connectivity index (χ2v) is 7.00. The first-order valence-corrected chi connectivity index (χ1v) is 8.71. The summed E-state index contributed by atoms with van der Waals surface area (Å²) in [6.45, 7) is 6.28. The van der Waals surface area contributed by atoms with Crippen LogP contribution in [0.25, 0.3) is 0 Å². The molecule has 0 heterocycles. The average Bonchev–Trinajstić information content (AvgIpc) is 3.14. The molecule has 2 nitrogen and oxygen atoms in total. The lowest BCUT2D eigenvalue weighted by molar-refractivity contribution is 0.259. The molecule has 21 heavy (non-hydrogen) atoms. The van der Waals surface area contributed by atoms with Gasteiger partial charge in [0.15, 0.2) is 0 Å². The minimum atomic E-state index is 0.639. The van der Waals surface area contributed by atoms with Crippen molar-refractivity contribution in [2.24, 2.45) is 17.8 Å². The summed E-state index contributed by atoms with van der Waals surface area (Å²) in [4.78, 5) is 0. The topological polar surface area (TPSA) is 21.3 Å². The molecule has 2 bridgehead atoms. The highest BCUT2D eigenvalue weighted by Gasteiger charge is 2.41. The molecule has 2 aliphatic rings. The molecule has 0 saturated heterocycles. The van der Waals surface area contributed by atoms with E-state index in [0.717, 1.165) is 43.1 Å². The van der Waals surface area contributed by atoms with E-state index in [1.165, 1.54) is 31.2 Å². The maximum Gasteiger partial charge on any atom is 0.119 e. The monoisotopic (exact) mass is 287 g/mol. The van der Waals surface area contributed by atoms with Crippen LogP contribution in [0.1, 0.15) is 51.5 Å². The fraction of sp³-hybridized carbons (Fsp3) is 0.684. The Morgan fingerprint density at radius 3 is 2.90 bits per heavy atom. The van der Waals surface area contributed by atoms with Crippen LogP contribution < -0.4 is 10.1 Å². The van der Waals surface area contributed by atoms with E-state index in [2.05, 4.69) is 43.4 Å². The molecule has 2 saturated carbocycles. The summed E-state index contributed by atoms with van der Waals surface area (Å²) in [5, 5.41) is 3.75. The van der Waals surface area contributed by atoms with Gasteiger partial charge < -0.3 is 10.1 Å². The summed E-state index contributed by atoms with van der Waals surface area (Å²) < 4.78 is 5.71. The Balaban J connectivity index is 1.50. The van der Waals surface area contributed by atoms with Gasteiger partial charge in [0.2, 0.25) is 0 Å². The first kappa shape index (κ1) is 14.9. The van der Waals surface area contributed by atoms with Crippen LogP contribution in [-0.4, -0.2) is 12.6 Å². The first-order chi connectivity index (χ1) is 10.3. The van der Waals surface area contributed by atoms with Gasteiger partial charge in [-0.2, -0.15) is 0 Å². The van der Waals surface area contributed by atoms with Crippen molar-refractivity contribution in [2.45, 2.75) is 58.5 Å². The summed E-state index contributed by atoms with van der Waals surface area (Å²) >= 11 is 0. The summed E-state index contributed by atoms with van der Waals surface area (Å²) in [6, 6.07) is 9.17. The van der Waals surface area contributed by atoms with Gasteiger partial charge in [-0.3, -0.25) is 0 Å². The van der Waals surface area contributed by atoms with E-state index in [-0.39, 0.29) is 0 Å². The van der Waals surface area contributed by atoms with Gasteiger partial charge in [-0.1, -0.05) is 25.5 Å². The molecule has 1 N–H and O–H groups in total. The molecule has 116 valence electrons. The zero-order chi connectivity index (χ0) is 14.7. The van der Waals surface area contributed by atoms with Gasteiger partial charge in [0.1, 0.15) is 5.75 Å². The van der Waals surface area contributed by atoms with E-state index in [4.69, 9.17) is 4.74 Å². The summed E-state index contributed by atoms with van der Waals surface area (Å²) in [6.07, 6.45) is 6.98. The van der Waals surface area contributed by atoms with Crippen molar-refractivity contribution in [1.82, 2.24) is 5.32 Å². The lowest BCUT2D eigenvalue weighted by Gasteiger charge is -2.28. The van der Waals surface area contributed by atoms with E-state index >= 15 is 0 Å². The third-order valence-electron chi connectivity index (χ3n) is 5.43. The Labute approximate surface area is 129 Å². The van der Waals surface area contributed by atoms with Gasteiger partial charge in [-0.15, -0.1) is 0 Å². The highest BCUT2D eigenvalue weighted by atomic mass is 16.5. The van der Waals surface area contributed by atoms with E-state index in [1.54, 1.807) is 0 Å². The molecule has 4 unspecified atom stereocenters. The highest BCUT2D eigenvalue weighted by molar-refractivity contribution is 5.28. The molecule has 2 heteroatoms. The second kappa shape index (κ2) is 6.83. The van der Waals surface area contributed by atoms with Crippen molar-refractivity contribution < 1.29 is 4.74 Å². The van der Waals surface area contributed by atoms with Crippen LogP contribution in [0.3, 0.4) is 0 Å². The molecule has 3 rings (SSSR count). The SMILES string of the molecule is CCCOc1cccc(CNC(C)C2CC3CCC2C3)c1. The molecule has 4 atom stereocenters. The van der Waals surface area contributed by atoms with E-state index in [9.17, 15) is 0 Å². The van der Waals surface area contributed by atoms with Gasteiger partial charge in [-0.05, 0) is 68.1 Å². The van der Waals surface area contributed by atoms with Gasteiger partial charge >= 0.3 is 0 Å². The fourth-order valence-electron chi connectivity index (χ4n) is 4.30. The molecular weight excluding hydrogens is 258 g/mol. The molecule has 1 aromatic rings. The smallest absolute Gasteiger partial charge is 0.119 e. The standard InChI is InChI=1S/C19H29NO/c1-3-9-21-18-6-4-5-16(11-18)13-20-14(2)19-12-15-7-8-17(19)10-15/h4-6,11,14-15,17,19-20H,3,7-10,12-13H2,1-2H3. The third-order valence-corrected chi connectivity index (χ3v) is 5.43. The summed E-state index contributed by atoms with van der Waals surface area (Å²) in [7, 11) is 0. The van der Waals surface area contributed by atoms with Crippen molar-refractivity contribution in [1.29, 1.82) is 0 Å². The Morgan fingerprint density at radius 2 is 2.19 bits per heavy atom. The Kier molecular flexibility index (Phi) is 4.84. The van der Waals surface area contributed by atoms with Crippen LogP contribution in [0.15, 0.2) is 24.3 Å². The molecule has 0 aliphatic heterocycles. The molecule has 0 spiro atoms. The van der Waals surface area contributed by atoms with Gasteiger partial charge in [0.25, 0.3) is 0 Å². The number of fused-ring (bicyclic) bond motifs is 2. The van der Waals surface area contributed by atoms with Crippen LogP contribution in [-0.2, 0) is 6.54 Å². The van der Waals surface area contributed by atoms with Crippen LogP contribution in [0.2, 0.25) is 0 Å². The minimum Gasteiger partial charge on any atom is -0.494 e. The predicted octanol–water partition coefficient (Wildman–Crippen LogP) is 4.39. The van der Waals surface area contributed by atoms with Gasteiger partial charge in [0.05, 0.1) is 6.61 Å². The minimum absolute atomic E-state index is 0.639. The highest BCUT2D eigenvalue weighted by Crippen LogP contribution is 2.49. The maximum atomic E-state index is 5.71. The average molecular weight is 287 g/mol. The fourth-order valence-corrected chi connectivity index (χ4v) is 4.30. The van der Waals surface area contributed by atoms with Crippen molar-refractivity contribution in [3.63, 3.8) is 0 Å². The number of hydrogen-bond donors (Lipinski definition) is 1. The largest absolute Gasteiger partial charge is 0.494 e. The quantitative estimate of drug-likeness (QED) is 0.803. The van der Waals surface area contributed by atoms with Crippen molar-refractivity contribution >= 4 is 0 Å². The van der Waals surface area contributed by atoms with Crippen LogP contribution in [0, 0.1) is 17.8 Å². The normalized spacial score (nSPS) is 28.8. The Hall–Kier alpha value is -1.02. The van der Waals surface area contributed by atoms with Gasteiger partial charge in [-0.25, -0.2) is 0 Å². The predicted molar refractivity (Wildman–Crippen MR) is 87.5 cm³/mol. The van der Waals surface area contributed by atoms with Crippen LogP contribution in [0.5, 0.6) is 5.75 Å². The van der Waals surface area contributed by atoms with Crippen molar-refractivity contribution in [2.75, 3.05) is 6.61 Å². The molecule has 0 amide bonds. The zero-order valence-electron chi connectivity index (χ0n) is 13.5. The lowest BCUT2D eigenvalue weighted by Crippen LogP contribution is -2.35. The number of nitrogens with one attached hydrogen (secondary N) is 1. The summed E-state index contributed by atoms with van der Waals surface area (Å²) in [5.74, 6) is 3.94. The lowest BCUT2D eigenvalue weighted by atomic mass is 9.84. The maximum absolute atomic E-state index is 5.71. The molecule has 2 aliphatic carbocycles.